The largest absolute Gasteiger partial charge is 0.443 e. The van der Waals surface area contributed by atoms with Crippen molar-refractivity contribution in [2.24, 2.45) is 0 Å². The topological polar surface area (TPSA) is 68.7 Å². The van der Waals surface area contributed by atoms with Crippen molar-refractivity contribution in [2.45, 2.75) is 6.10 Å². The SMILES string of the molecule is O=C(O[C@@H](C(=O)N1CCOCC1)c1ccccc1)c1ccc2ccccc2n1. The number of aromatic nitrogens is 1. The minimum atomic E-state index is -1.01. The predicted molar refractivity (Wildman–Crippen MR) is 104 cm³/mol. The fraction of sp³-hybridized carbons (Fsp3) is 0.227. The van der Waals surface area contributed by atoms with Crippen LogP contribution in [0.3, 0.4) is 0 Å². The van der Waals surface area contributed by atoms with Gasteiger partial charge in [-0.25, -0.2) is 9.78 Å². The van der Waals surface area contributed by atoms with Gasteiger partial charge in [0.15, 0.2) is 0 Å². The number of hydrogen-bond donors (Lipinski definition) is 0. The second-order valence-corrected chi connectivity index (χ2v) is 6.52. The molecule has 0 spiro atoms. The Bertz CT molecular complexity index is 984. The Kier molecular flexibility index (Phi) is 5.30. The van der Waals surface area contributed by atoms with Gasteiger partial charge in [0.2, 0.25) is 6.10 Å². The summed E-state index contributed by atoms with van der Waals surface area (Å²) in [5.41, 5.74) is 1.51. The zero-order valence-electron chi connectivity index (χ0n) is 15.3. The maximum absolute atomic E-state index is 13.1. The van der Waals surface area contributed by atoms with E-state index in [1.54, 1.807) is 23.1 Å². The highest BCUT2D eigenvalue weighted by Crippen LogP contribution is 2.23. The molecule has 1 amide bonds. The Hall–Kier alpha value is -3.25. The minimum absolute atomic E-state index is 0.175. The lowest BCUT2D eigenvalue weighted by molar-refractivity contribution is -0.145. The van der Waals surface area contributed by atoms with Crippen LogP contribution >= 0.6 is 0 Å². The summed E-state index contributed by atoms with van der Waals surface area (Å²) in [7, 11) is 0. The fourth-order valence-corrected chi connectivity index (χ4v) is 3.19. The zero-order chi connectivity index (χ0) is 19.3. The van der Waals surface area contributed by atoms with Crippen LogP contribution < -0.4 is 0 Å². The van der Waals surface area contributed by atoms with Crippen molar-refractivity contribution in [3.05, 3.63) is 78.0 Å². The van der Waals surface area contributed by atoms with Crippen molar-refractivity contribution in [1.82, 2.24) is 9.88 Å². The van der Waals surface area contributed by atoms with Crippen LogP contribution in [0.15, 0.2) is 66.7 Å². The summed E-state index contributed by atoms with van der Waals surface area (Å²) < 4.78 is 11.0. The molecule has 0 unspecified atom stereocenters. The van der Waals surface area contributed by atoms with Gasteiger partial charge in [-0.15, -0.1) is 0 Å². The monoisotopic (exact) mass is 376 g/mol. The van der Waals surface area contributed by atoms with Crippen LogP contribution in [0.2, 0.25) is 0 Å². The summed E-state index contributed by atoms with van der Waals surface area (Å²) in [6.45, 7) is 1.92. The molecule has 0 saturated carbocycles. The summed E-state index contributed by atoms with van der Waals surface area (Å²) in [6, 6.07) is 20.0. The van der Waals surface area contributed by atoms with Crippen molar-refractivity contribution in [3.8, 4) is 0 Å². The van der Waals surface area contributed by atoms with Gasteiger partial charge in [0, 0.05) is 24.0 Å². The van der Waals surface area contributed by atoms with Gasteiger partial charge in [-0.05, 0) is 12.1 Å². The number of para-hydroxylation sites is 1. The third kappa shape index (κ3) is 3.87. The first-order valence-corrected chi connectivity index (χ1v) is 9.20. The number of rotatable bonds is 4. The second kappa shape index (κ2) is 8.19. The van der Waals surface area contributed by atoms with E-state index < -0.39 is 12.1 Å². The quantitative estimate of drug-likeness (QED) is 0.655. The molecular weight excluding hydrogens is 356 g/mol. The number of pyridine rings is 1. The first-order valence-electron chi connectivity index (χ1n) is 9.20. The molecular formula is C22H20N2O4. The lowest BCUT2D eigenvalue weighted by Crippen LogP contribution is -2.44. The van der Waals surface area contributed by atoms with Crippen LogP contribution in [0.1, 0.15) is 22.2 Å². The van der Waals surface area contributed by atoms with Crippen LogP contribution in [-0.2, 0) is 14.3 Å². The van der Waals surface area contributed by atoms with E-state index >= 15 is 0 Å². The number of carbonyl (C=O) groups excluding carboxylic acids is 2. The average molecular weight is 376 g/mol. The molecule has 2 aromatic carbocycles. The van der Waals surface area contributed by atoms with Gasteiger partial charge in [0.1, 0.15) is 5.69 Å². The van der Waals surface area contributed by atoms with Crippen LogP contribution in [0.25, 0.3) is 10.9 Å². The molecule has 1 aliphatic heterocycles. The van der Waals surface area contributed by atoms with E-state index in [1.807, 2.05) is 48.5 Å². The molecule has 1 saturated heterocycles. The van der Waals surface area contributed by atoms with Crippen molar-refractivity contribution in [2.75, 3.05) is 26.3 Å². The average Bonchev–Trinajstić information content (AvgIpc) is 2.77. The Morgan fingerprint density at radius 1 is 0.929 bits per heavy atom. The van der Waals surface area contributed by atoms with Gasteiger partial charge in [0.05, 0.1) is 18.7 Å². The van der Waals surface area contributed by atoms with E-state index in [-0.39, 0.29) is 11.6 Å². The lowest BCUT2D eigenvalue weighted by Gasteiger charge is -2.30. The molecule has 1 aliphatic rings. The van der Waals surface area contributed by atoms with Crippen molar-refractivity contribution in [1.29, 1.82) is 0 Å². The Morgan fingerprint density at radius 3 is 2.43 bits per heavy atom. The third-order valence-corrected chi connectivity index (χ3v) is 4.68. The number of carbonyl (C=O) groups is 2. The highest BCUT2D eigenvalue weighted by Gasteiger charge is 2.31. The van der Waals surface area contributed by atoms with Gasteiger partial charge in [0.25, 0.3) is 5.91 Å². The molecule has 3 aromatic rings. The van der Waals surface area contributed by atoms with E-state index in [2.05, 4.69) is 4.98 Å². The van der Waals surface area contributed by atoms with E-state index in [4.69, 9.17) is 9.47 Å². The Balaban J connectivity index is 1.60. The summed E-state index contributed by atoms with van der Waals surface area (Å²) >= 11 is 0. The molecule has 1 fully saturated rings. The summed E-state index contributed by atoms with van der Waals surface area (Å²) in [4.78, 5) is 31.9. The van der Waals surface area contributed by atoms with Crippen molar-refractivity contribution < 1.29 is 19.1 Å². The van der Waals surface area contributed by atoms with Gasteiger partial charge in [-0.1, -0.05) is 54.6 Å². The molecule has 4 rings (SSSR count). The maximum Gasteiger partial charge on any atom is 0.358 e. The summed E-state index contributed by atoms with van der Waals surface area (Å²) in [5, 5.41) is 0.933. The maximum atomic E-state index is 13.1. The second-order valence-electron chi connectivity index (χ2n) is 6.52. The normalized spacial score (nSPS) is 15.2. The number of amides is 1. The third-order valence-electron chi connectivity index (χ3n) is 4.68. The highest BCUT2D eigenvalue weighted by atomic mass is 16.5. The van der Waals surface area contributed by atoms with E-state index in [0.717, 1.165) is 5.39 Å². The molecule has 0 N–H and O–H groups in total. The van der Waals surface area contributed by atoms with Gasteiger partial charge >= 0.3 is 5.97 Å². The van der Waals surface area contributed by atoms with Gasteiger partial charge < -0.3 is 14.4 Å². The molecule has 6 heteroatoms. The highest BCUT2D eigenvalue weighted by molar-refractivity contribution is 5.93. The number of ether oxygens (including phenoxy) is 2. The molecule has 0 bridgehead atoms. The molecule has 1 aromatic heterocycles. The molecule has 0 aliphatic carbocycles. The number of morpholine rings is 1. The standard InChI is InChI=1S/C22H20N2O4/c25-21(24-12-14-27-15-13-24)20(17-7-2-1-3-8-17)28-22(26)19-11-10-16-6-4-5-9-18(16)23-19/h1-11,20H,12-15H2/t20-/m1/s1. The van der Waals surface area contributed by atoms with Crippen LogP contribution in [0.4, 0.5) is 0 Å². The predicted octanol–water partition coefficient (Wildman–Crippen LogP) is 2.99. The number of hydrogen-bond acceptors (Lipinski definition) is 5. The lowest BCUT2D eigenvalue weighted by atomic mass is 10.1. The summed E-state index contributed by atoms with van der Waals surface area (Å²) in [5.74, 6) is -0.871. The molecule has 0 radical (unpaired) electrons. The molecule has 142 valence electrons. The smallest absolute Gasteiger partial charge is 0.358 e. The van der Waals surface area contributed by atoms with Crippen LogP contribution in [0, 0.1) is 0 Å². The van der Waals surface area contributed by atoms with E-state index in [9.17, 15) is 9.59 Å². The number of esters is 1. The van der Waals surface area contributed by atoms with Crippen molar-refractivity contribution >= 4 is 22.8 Å². The first kappa shape index (κ1) is 18.1. The number of fused-ring (bicyclic) bond motifs is 1. The number of benzene rings is 2. The summed E-state index contributed by atoms with van der Waals surface area (Å²) in [6.07, 6.45) is -1.01. The molecule has 6 nitrogen and oxygen atoms in total. The van der Waals surface area contributed by atoms with Crippen LogP contribution in [0.5, 0.6) is 0 Å². The van der Waals surface area contributed by atoms with Gasteiger partial charge in [-0.2, -0.15) is 0 Å². The van der Waals surface area contributed by atoms with Gasteiger partial charge in [-0.3, -0.25) is 4.79 Å². The van der Waals surface area contributed by atoms with Crippen LogP contribution in [-0.4, -0.2) is 48.1 Å². The minimum Gasteiger partial charge on any atom is -0.443 e. The van der Waals surface area contributed by atoms with E-state index in [0.29, 0.717) is 37.4 Å². The molecule has 2 heterocycles. The Morgan fingerprint density at radius 2 is 1.64 bits per heavy atom. The van der Waals surface area contributed by atoms with Crippen molar-refractivity contribution in [3.63, 3.8) is 0 Å². The molecule has 28 heavy (non-hydrogen) atoms. The first-order chi connectivity index (χ1) is 13.7. The Labute approximate surface area is 162 Å². The zero-order valence-corrected chi connectivity index (χ0v) is 15.3. The number of nitrogens with zero attached hydrogens (tertiary/aromatic N) is 2. The van der Waals surface area contributed by atoms with E-state index in [1.165, 1.54) is 0 Å². The fourth-order valence-electron chi connectivity index (χ4n) is 3.19. The molecule has 1 atom stereocenters.